The number of carbonyl (C=O) groups excluding carboxylic acids is 1. The lowest BCUT2D eigenvalue weighted by Crippen LogP contribution is -2.49. The first-order valence-corrected chi connectivity index (χ1v) is 9.57. The Morgan fingerprint density at radius 3 is 2.35 bits per heavy atom. The Morgan fingerprint density at radius 2 is 1.65 bits per heavy atom. The second-order valence-electron chi connectivity index (χ2n) is 6.00. The predicted octanol–water partition coefficient (Wildman–Crippen LogP) is 3.82. The summed E-state index contributed by atoms with van der Waals surface area (Å²) in [5.74, 6) is 0.810. The van der Waals surface area contributed by atoms with E-state index in [9.17, 15) is 4.79 Å². The van der Waals surface area contributed by atoms with E-state index in [-0.39, 0.29) is 5.91 Å². The summed E-state index contributed by atoms with van der Waals surface area (Å²) >= 11 is 7.46. The van der Waals surface area contributed by atoms with Gasteiger partial charge in [0.05, 0.1) is 4.88 Å². The van der Waals surface area contributed by atoms with E-state index in [0.717, 1.165) is 34.4 Å². The Morgan fingerprint density at radius 1 is 0.962 bits per heavy atom. The molecule has 2 aromatic heterocycles. The SMILES string of the molecule is O=C(c1ccc(-c2ccc(Cl)cc2)s1)N1CCN(c2ncccn2)CC1. The van der Waals surface area contributed by atoms with Gasteiger partial charge in [-0.1, -0.05) is 23.7 Å². The first kappa shape index (κ1) is 17.0. The minimum atomic E-state index is 0.0869. The number of aromatic nitrogens is 2. The van der Waals surface area contributed by atoms with E-state index >= 15 is 0 Å². The van der Waals surface area contributed by atoms with Crippen LogP contribution in [0.25, 0.3) is 10.4 Å². The fraction of sp³-hybridized carbons (Fsp3) is 0.211. The molecule has 1 fully saturated rings. The fourth-order valence-corrected chi connectivity index (χ4v) is 4.05. The molecular formula is C19H17ClN4OS. The van der Waals surface area contributed by atoms with Crippen molar-refractivity contribution in [3.05, 3.63) is 64.8 Å². The van der Waals surface area contributed by atoms with Gasteiger partial charge in [0.15, 0.2) is 0 Å². The number of carbonyl (C=O) groups is 1. The van der Waals surface area contributed by atoms with E-state index in [4.69, 9.17) is 11.6 Å². The molecule has 26 heavy (non-hydrogen) atoms. The number of benzene rings is 1. The van der Waals surface area contributed by atoms with Crippen LogP contribution in [0, 0.1) is 0 Å². The number of hydrogen-bond acceptors (Lipinski definition) is 5. The average molecular weight is 385 g/mol. The predicted molar refractivity (Wildman–Crippen MR) is 105 cm³/mol. The lowest BCUT2D eigenvalue weighted by Gasteiger charge is -2.34. The van der Waals surface area contributed by atoms with Crippen LogP contribution in [0.4, 0.5) is 5.95 Å². The minimum Gasteiger partial charge on any atom is -0.337 e. The molecule has 1 amide bonds. The Hall–Kier alpha value is -2.44. The topological polar surface area (TPSA) is 49.3 Å². The monoisotopic (exact) mass is 384 g/mol. The highest BCUT2D eigenvalue weighted by Gasteiger charge is 2.24. The summed E-state index contributed by atoms with van der Waals surface area (Å²) in [6, 6.07) is 13.4. The molecule has 1 saturated heterocycles. The van der Waals surface area contributed by atoms with Gasteiger partial charge in [0.25, 0.3) is 5.91 Å². The lowest BCUT2D eigenvalue weighted by atomic mass is 10.2. The molecule has 3 aromatic rings. The summed E-state index contributed by atoms with van der Waals surface area (Å²) in [6.45, 7) is 2.83. The van der Waals surface area contributed by atoms with Gasteiger partial charge in [0, 0.05) is 48.5 Å². The second-order valence-corrected chi connectivity index (χ2v) is 7.52. The van der Waals surface area contributed by atoms with Crippen molar-refractivity contribution in [3.8, 4) is 10.4 Å². The van der Waals surface area contributed by atoms with Crippen molar-refractivity contribution in [3.63, 3.8) is 0 Å². The van der Waals surface area contributed by atoms with E-state index in [2.05, 4.69) is 14.9 Å². The molecule has 0 spiro atoms. The van der Waals surface area contributed by atoms with Gasteiger partial charge in [-0.3, -0.25) is 4.79 Å². The zero-order valence-electron chi connectivity index (χ0n) is 14.0. The third-order valence-corrected chi connectivity index (χ3v) is 5.72. The maximum absolute atomic E-state index is 12.8. The normalized spacial score (nSPS) is 14.5. The highest BCUT2D eigenvalue weighted by atomic mass is 35.5. The Kier molecular flexibility index (Phi) is 4.86. The van der Waals surface area contributed by atoms with E-state index in [1.165, 1.54) is 11.3 Å². The van der Waals surface area contributed by atoms with E-state index in [1.807, 2.05) is 41.3 Å². The summed E-state index contributed by atoms with van der Waals surface area (Å²) < 4.78 is 0. The number of halogens is 1. The maximum Gasteiger partial charge on any atom is 0.264 e. The zero-order chi connectivity index (χ0) is 17.9. The van der Waals surface area contributed by atoms with Crippen molar-refractivity contribution in [1.82, 2.24) is 14.9 Å². The Balaban J connectivity index is 1.42. The molecule has 5 nitrogen and oxygen atoms in total. The average Bonchev–Trinajstić information content (AvgIpc) is 3.19. The summed E-state index contributed by atoms with van der Waals surface area (Å²) in [5, 5.41) is 0.710. The number of anilines is 1. The van der Waals surface area contributed by atoms with Gasteiger partial charge in [0.1, 0.15) is 0 Å². The summed E-state index contributed by atoms with van der Waals surface area (Å²) in [4.78, 5) is 27.2. The second kappa shape index (κ2) is 7.43. The van der Waals surface area contributed by atoms with Crippen LogP contribution in [0.1, 0.15) is 9.67 Å². The van der Waals surface area contributed by atoms with Gasteiger partial charge in [-0.2, -0.15) is 0 Å². The Labute approximate surface area is 160 Å². The molecule has 0 N–H and O–H groups in total. The quantitative estimate of drug-likeness (QED) is 0.688. The van der Waals surface area contributed by atoms with Crippen LogP contribution in [-0.2, 0) is 0 Å². The number of thiophene rings is 1. The van der Waals surface area contributed by atoms with Crippen molar-refractivity contribution in [2.45, 2.75) is 0 Å². The number of rotatable bonds is 3. The van der Waals surface area contributed by atoms with Crippen LogP contribution in [0.15, 0.2) is 54.9 Å². The van der Waals surface area contributed by atoms with Crippen LogP contribution in [0.2, 0.25) is 5.02 Å². The first-order valence-electron chi connectivity index (χ1n) is 8.38. The van der Waals surface area contributed by atoms with Gasteiger partial charge in [-0.15, -0.1) is 11.3 Å². The van der Waals surface area contributed by atoms with E-state index < -0.39 is 0 Å². The van der Waals surface area contributed by atoms with Crippen molar-refractivity contribution >= 4 is 34.8 Å². The molecule has 0 bridgehead atoms. The zero-order valence-corrected chi connectivity index (χ0v) is 15.6. The van der Waals surface area contributed by atoms with Crippen LogP contribution >= 0.6 is 22.9 Å². The summed E-state index contributed by atoms with van der Waals surface area (Å²) in [5.41, 5.74) is 1.07. The molecule has 1 aliphatic heterocycles. The molecule has 0 saturated carbocycles. The molecule has 3 heterocycles. The van der Waals surface area contributed by atoms with Crippen molar-refractivity contribution in [2.24, 2.45) is 0 Å². The van der Waals surface area contributed by atoms with Gasteiger partial charge in [0.2, 0.25) is 5.95 Å². The molecule has 0 unspecified atom stereocenters. The van der Waals surface area contributed by atoms with Gasteiger partial charge in [-0.05, 0) is 35.9 Å². The minimum absolute atomic E-state index is 0.0869. The number of amides is 1. The van der Waals surface area contributed by atoms with Crippen molar-refractivity contribution in [2.75, 3.05) is 31.1 Å². The first-order chi connectivity index (χ1) is 12.7. The third-order valence-electron chi connectivity index (χ3n) is 4.35. The molecular weight excluding hydrogens is 368 g/mol. The fourth-order valence-electron chi connectivity index (χ4n) is 2.94. The standard InChI is InChI=1S/C19H17ClN4OS/c20-15-4-2-14(3-5-15)16-6-7-17(26-16)18(25)23-10-12-24(13-11-23)19-21-8-1-9-22-19/h1-9H,10-13H2. The van der Waals surface area contributed by atoms with Crippen molar-refractivity contribution < 1.29 is 4.79 Å². The molecule has 1 aliphatic rings. The summed E-state index contributed by atoms with van der Waals surface area (Å²) in [6.07, 6.45) is 3.48. The van der Waals surface area contributed by atoms with Crippen LogP contribution < -0.4 is 4.90 Å². The highest BCUT2D eigenvalue weighted by molar-refractivity contribution is 7.17. The number of hydrogen-bond donors (Lipinski definition) is 0. The molecule has 7 heteroatoms. The molecule has 132 valence electrons. The highest BCUT2D eigenvalue weighted by Crippen LogP contribution is 2.30. The Bertz CT molecular complexity index is 889. The van der Waals surface area contributed by atoms with Crippen LogP contribution in [0.3, 0.4) is 0 Å². The van der Waals surface area contributed by atoms with Gasteiger partial charge < -0.3 is 9.80 Å². The third kappa shape index (κ3) is 3.57. The molecule has 4 rings (SSSR count). The number of piperazine rings is 1. The van der Waals surface area contributed by atoms with E-state index in [0.29, 0.717) is 18.1 Å². The van der Waals surface area contributed by atoms with E-state index in [1.54, 1.807) is 18.5 Å². The smallest absolute Gasteiger partial charge is 0.264 e. The van der Waals surface area contributed by atoms with Crippen molar-refractivity contribution in [1.29, 1.82) is 0 Å². The number of nitrogens with zero attached hydrogens (tertiary/aromatic N) is 4. The van der Waals surface area contributed by atoms with Gasteiger partial charge in [-0.25, -0.2) is 9.97 Å². The molecule has 0 radical (unpaired) electrons. The molecule has 0 atom stereocenters. The van der Waals surface area contributed by atoms with Crippen LogP contribution in [0.5, 0.6) is 0 Å². The molecule has 1 aromatic carbocycles. The lowest BCUT2D eigenvalue weighted by molar-refractivity contribution is 0.0751. The maximum atomic E-state index is 12.8. The largest absolute Gasteiger partial charge is 0.337 e. The van der Waals surface area contributed by atoms with Gasteiger partial charge >= 0.3 is 0 Å². The van der Waals surface area contributed by atoms with Crippen LogP contribution in [-0.4, -0.2) is 47.0 Å². The summed E-state index contributed by atoms with van der Waals surface area (Å²) in [7, 11) is 0. The molecule has 0 aliphatic carbocycles.